The van der Waals surface area contributed by atoms with Gasteiger partial charge in [0.15, 0.2) is 0 Å². The normalized spacial score (nSPS) is 17.7. The first-order valence-corrected chi connectivity index (χ1v) is 7.90. The van der Waals surface area contributed by atoms with Crippen LogP contribution in [0.1, 0.15) is 42.1 Å². The van der Waals surface area contributed by atoms with Gasteiger partial charge in [0.2, 0.25) is 0 Å². The van der Waals surface area contributed by atoms with Gasteiger partial charge >= 0.3 is 0 Å². The van der Waals surface area contributed by atoms with Crippen LogP contribution in [-0.4, -0.2) is 36.5 Å². The number of alkyl halides is 1. The fourth-order valence-corrected chi connectivity index (χ4v) is 2.84. The Morgan fingerprint density at radius 3 is 2.80 bits per heavy atom. The van der Waals surface area contributed by atoms with Gasteiger partial charge in [0.1, 0.15) is 0 Å². The lowest BCUT2D eigenvalue weighted by Crippen LogP contribution is -2.43. The van der Waals surface area contributed by atoms with Crippen molar-refractivity contribution in [2.24, 2.45) is 0 Å². The zero-order chi connectivity index (χ0) is 14.4. The van der Waals surface area contributed by atoms with Gasteiger partial charge in [-0.3, -0.25) is 4.79 Å². The molecule has 2 rings (SSSR count). The second-order valence-electron chi connectivity index (χ2n) is 5.57. The van der Waals surface area contributed by atoms with Crippen LogP contribution in [0.4, 0.5) is 0 Å². The van der Waals surface area contributed by atoms with Crippen LogP contribution < -0.4 is 5.32 Å². The lowest BCUT2D eigenvalue weighted by Gasteiger charge is -2.29. The molecule has 4 heteroatoms. The Morgan fingerprint density at radius 2 is 2.10 bits per heavy atom. The molecule has 1 N–H and O–H groups in total. The molecule has 1 unspecified atom stereocenters. The first-order chi connectivity index (χ1) is 9.69. The summed E-state index contributed by atoms with van der Waals surface area (Å²) in [6.45, 7) is 5.31. The van der Waals surface area contributed by atoms with Gasteiger partial charge in [-0.15, -0.1) is 11.6 Å². The number of nitrogens with one attached hydrogen (secondary N) is 1. The molecule has 1 amide bonds. The summed E-state index contributed by atoms with van der Waals surface area (Å²) in [5, 5.41) is 3.07. The van der Waals surface area contributed by atoms with Crippen molar-refractivity contribution in [2.45, 2.75) is 38.1 Å². The minimum absolute atomic E-state index is 0.0125. The van der Waals surface area contributed by atoms with E-state index >= 15 is 0 Å². The third-order valence-corrected chi connectivity index (χ3v) is 4.01. The Kier molecular flexibility index (Phi) is 5.86. The van der Waals surface area contributed by atoms with E-state index in [0.29, 0.717) is 11.4 Å². The van der Waals surface area contributed by atoms with Crippen LogP contribution in [0.3, 0.4) is 0 Å². The van der Waals surface area contributed by atoms with E-state index in [-0.39, 0.29) is 11.9 Å². The van der Waals surface area contributed by atoms with E-state index in [1.165, 1.54) is 19.3 Å². The number of carbonyl (C=O) groups excluding carboxylic acids is 1. The molecule has 3 nitrogen and oxygen atoms in total. The molecule has 0 spiro atoms. The van der Waals surface area contributed by atoms with E-state index in [4.69, 9.17) is 11.6 Å². The SMILES string of the molecule is CC(CN1CCCCC1)NC(=O)c1cccc(CCl)c1. The van der Waals surface area contributed by atoms with E-state index in [1.807, 2.05) is 24.3 Å². The summed E-state index contributed by atoms with van der Waals surface area (Å²) in [6, 6.07) is 7.66. The first-order valence-electron chi connectivity index (χ1n) is 7.37. The molecule has 1 saturated heterocycles. The molecule has 1 aliphatic rings. The predicted molar refractivity (Wildman–Crippen MR) is 83.2 cm³/mol. The summed E-state index contributed by atoms with van der Waals surface area (Å²) in [5.74, 6) is 0.422. The maximum Gasteiger partial charge on any atom is 0.251 e. The maximum absolute atomic E-state index is 12.2. The van der Waals surface area contributed by atoms with E-state index < -0.39 is 0 Å². The zero-order valence-corrected chi connectivity index (χ0v) is 12.8. The third-order valence-electron chi connectivity index (χ3n) is 3.70. The quantitative estimate of drug-likeness (QED) is 0.847. The molecule has 0 bridgehead atoms. The standard InChI is InChI=1S/C16H23ClN2O/c1-13(12-19-8-3-2-4-9-19)18-16(20)15-7-5-6-14(10-15)11-17/h5-7,10,13H,2-4,8-9,11-12H2,1H3,(H,18,20). The van der Waals surface area contributed by atoms with Crippen molar-refractivity contribution in [1.29, 1.82) is 0 Å². The smallest absolute Gasteiger partial charge is 0.251 e. The molecule has 1 aliphatic heterocycles. The Morgan fingerprint density at radius 1 is 1.35 bits per heavy atom. The second-order valence-corrected chi connectivity index (χ2v) is 5.84. The molecule has 20 heavy (non-hydrogen) atoms. The molecule has 1 fully saturated rings. The van der Waals surface area contributed by atoms with Crippen molar-refractivity contribution in [1.82, 2.24) is 10.2 Å². The molecule has 1 atom stereocenters. The predicted octanol–water partition coefficient (Wildman–Crippen LogP) is 3.03. The average Bonchev–Trinajstić information content (AvgIpc) is 2.48. The maximum atomic E-state index is 12.2. The summed E-state index contributed by atoms with van der Waals surface area (Å²) in [7, 11) is 0. The lowest BCUT2D eigenvalue weighted by molar-refractivity contribution is 0.0925. The fourth-order valence-electron chi connectivity index (χ4n) is 2.68. The molecule has 110 valence electrons. The van der Waals surface area contributed by atoms with Crippen LogP contribution in [0, 0.1) is 0 Å². The fraction of sp³-hybridized carbons (Fsp3) is 0.562. The van der Waals surface area contributed by atoms with Gasteiger partial charge in [-0.25, -0.2) is 0 Å². The van der Waals surface area contributed by atoms with Gasteiger partial charge in [0.05, 0.1) is 0 Å². The van der Waals surface area contributed by atoms with Crippen molar-refractivity contribution in [3.8, 4) is 0 Å². The number of hydrogen-bond acceptors (Lipinski definition) is 2. The molecule has 0 saturated carbocycles. The van der Waals surface area contributed by atoms with Crippen LogP contribution in [-0.2, 0) is 5.88 Å². The molecule has 1 heterocycles. The first kappa shape index (κ1) is 15.3. The Bertz CT molecular complexity index is 444. The lowest BCUT2D eigenvalue weighted by atomic mass is 10.1. The highest BCUT2D eigenvalue weighted by molar-refractivity contribution is 6.17. The van der Waals surface area contributed by atoms with Gasteiger partial charge in [-0.05, 0) is 50.6 Å². The van der Waals surface area contributed by atoms with Crippen LogP contribution in [0.25, 0.3) is 0 Å². The Hall–Kier alpha value is -1.06. The van der Waals surface area contributed by atoms with E-state index in [9.17, 15) is 4.79 Å². The highest BCUT2D eigenvalue weighted by Crippen LogP contribution is 2.10. The summed E-state index contributed by atoms with van der Waals surface area (Å²) >= 11 is 5.80. The number of rotatable bonds is 5. The highest BCUT2D eigenvalue weighted by atomic mass is 35.5. The number of halogens is 1. The number of amides is 1. The highest BCUT2D eigenvalue weighted by Gasteiger charge is 2.15. The van der Waals surface area contributed by atoms with Crippen molar-refractivity contribution in [3.05, 3.63) is 35.4 Å². The monoisotopic (exact) mass is 294 g/mol. The average molecular weight is 295 g/mol. The van der Waals surface area contributed by atoms with Crippen molar-refractivity contribution < 1.29 is 4.79 Å². The van der Waals surface area contributed by atoms with Gasteiger partial charge in [0.25, 0.3) is 5.91 Å². The van der Waals surface area contributed by atoms with Gasteiger partial charge < -0.3 is 10.2 Å². The molecule has 0 aromatic heterocycles. The second kappa shape index (κ2) is 7.65. The van der Waals surface area contributed by atoms with Crippen LogP contribution in [0.2, 0.25) is 0 Å². The molecule has 0 radical (unpaired) electrons. The molecule has 1 aromatic carbocycles. The van der Waals surface area contributed by atoms with Gasteiger partial charge in [0, 0.05) is 24.0 Å². The minimum Gasteiger partial charge on any atom is -0.348 e. The number of likely N-dealkylation sites (tertiary alicyclic amines) is 1. The Labute approximate surface area is 126 Å². The summed E-state index contributed by atoms with van der Waals surface area (Å²) < 4.78 is 0. The van der Waals surface area contributed by atoms with Crippen molar-refractivity contribution in [2.75, 3.05) is 19.6 Å². The summed E-state index contributed by atoms with van der Waals surface area (Å²) in [4.78, 5) is 14.6. The largest absolute Gasteiger partial charge is 0.348 e. The third kappa shape index (κ3) is 4.50. The topological polar surface area (TPSA) is 32.3 Å². The molecule has 0 aliphatic carbocycles. The van der Waals surface area contributed by atoms with E-state index in [1.54, 1.807) is 0 Å². The molecular weight excluding hydrogens is 272 g/mol. The van der Waals surface area contributed by atoms with Crippen LogP contribution in [0.15, 0.2) is 24.3 Å². The molecular formula is C16H23ClN2O. The van der Waals surface area contributed by atoms with Gasteiger partial charge in [-0.1, -0.05) is 18.6 Å². The zero-order valence-electron chi connectivity index (χ0n) is 12.1. The number of nitrogens with zero attached hydrogens (tertiary/aromatic N) is 1. The summed E-state index contributed by atoms with van der Waals surface area (Å²) in [6.07, 6.45) is 3.89. The number of carbonyl (C=O) groups is 1. The van der Waals surface area contributed by atoms with Gasteiger partial charge in [-0.2, -0.15) is 0 Å². The van der Waals surface area contributed by atoms with Crippen molar-refractivity contribution >= 4 is 17.5 Å². The summed E-state index contributed by atoms with van der Waals surface area (Å²) in [5.41, 5.74) is 1.66. The van der Waals surface area contributed by atoms with E-state index in [2.05, 4.69) is 17.1 Å². The molecule has 1 aromatic rings. The Balaban J connectivity index is 1.86. The van der Waals surface area contributed by atoms with Crippen molar-refractivity contribution in [3.63, 3.8) is 0 Å². The number of piperidine rings is 1. The number of hydrogen-bond donors (Lipinski definition) is 1. The van der Waals surface area contributed by atoms with Crippen LogP contribution >= 0.6 is 11.6 Å². The minimum atomic E-state index is -0.0125. The van der Waals surface area contributed by atoms with E-state index in [0.717, 1.165) is 25.2 Å². The van der Waals surface area contributed by atoms with Crippen LogP contribution in [0.5, 0.6) is 0 Å². The number of benzene rings is 1.